The van der Waals surface area contributed by atoms with E-state index in [4.69, 9.17) is 6.42 Å². The van der Waals surface area contributed by atoms with Gasteiger partial charge in [-0.05, 0) is 24.6 Å². The van der Waals surface area contributed by atoms with Crippen LogP contribution in [0.5, 0.6) is 0 Å². The lowest BCUT2D eigenvalue weighted by Crippen LogP contribution is -2.18. The van der Waals surface area contributed by atoms with Gasteiger partial charge in [0.05, 0.1) is 6.54 Å². The van der Waals surface area contributed by atoms with Gasteiger partial charge in [0.15, 0.2) is 0 Å². The predicted molar refractivity (Wildman–Crippen MR) is 66.6 cm³/mol. The Morgan fingerprint density at radius 3 is 2.86 bits per heavy atom. The molecule has 1 aromatic rings. The molecule has 1 atom stereocenters. The highest BCUT2D eigenvalue weighted by Crippen LogP contribution is 2.17. The summed E-state index contributed by atoms with van der Waals surface area (Å²) in [4.78, 5) is 0. The maximum atomic E-state index is 5.16. The highest BCUT2D eigenvalue weighted by molar-refractivity contribution is 9.10. The van der Waals surface area contributed by atoms with Crippen molar-refractivity contribution in [2.45, 2.75) is 13.0 Å². The van der Waals surface area contributed by atoms with Crippen molar-refractivity contribution in [3.63, 3.8) is 0 Å². The Bertz CT molecular complexity index is 319. The molecule has 0 radical (unpaired) electrons. The van der Waals surface area contributed by atoms with E-state index in [9.17, 15) is 0 Å². The smallest absolute Gasteiger partial charge is 0.0578 e. The van der Waals surface area contributed by atoms with E-state index in [0.29, 0.717) is 12.6 Å². The molecular weight excluding hydrogens is 261 g/mol. The Morgan fingerprint density at radius 1 is 1.57 bits per heavy atom. The highest BCUT2D eigenvalue weighted by atomic mass is 79.9. The van der Waals surface area contributed by atoms with Gasteiger partial charge in [-0.2, -0.15) is 0 Å². The van der Waals surface area contributed by atoms with Crippen LogP contribution in [0, 0.1) is 12.3 Å². The summed E-state index contributed by atoms with van der Waals surface area (Å²) in [6, 6.07) is 8.51. The molecule has 0 unspecified atom stereocenters. The SMILES string of the molecule is C#CCN[C@H](C)c1cccc(Br)c1.Cl. The van der Waals surface area contributed by atoms with Crippen molar-refractivity contribution in [3.05, 3.63) is 34.3 Å². The summed E-state index contributed by atoms with van der Waals surface area (Å²) in [7, 11) is 0. The second kappa shape index (κ2) is 6.89. The molecule has 0 bridgehead atoms. The van der Waals surface area contributed by atoms with Crippen molar-refractivity contribution in [2.75, 3.05) is 6.54 Å². The Morgan fingerprint density at radius 2 is 2.29 bits per heavy atom. The fourth-order valence-electron chi connectivity index (χ4n) is 1.11. The molecule has 0 aliphatic carbocycles. The summed E-state index contributed by atoms with van der Waals surface area (Å²) in [6.45, 7) is 2.70. The van der Waals surface area contributed by atoms with Gasteiger partial charge in [0, 0.05) is 10.5 Å². The topological polar surface area (TPSA) is 12.0 Å². The second-order valence-electron chi connectivity index (χ2n) is 2.86. The Kier molecular flexibility index (Phi) is 6.65. The Labute approximate surface area is 99.8 Å². The van der Waals surface area contributed by atoms with E-state index < -0.39 is 0 Å². The van der Waals surface area contributed by atoms with Crippen molar-refractivity contribution < 1.29 is 0 Å². The molecule has 0 heterocycles. The summed E-state index contributed by atoms with van der Waals surface area (Å²) >= 11 is 3.43. The molecule has 1 aromatic carbocycles. The first-order chi connectivity index (χ1) is 6.24. The van der Waals surface area contributed by atoms with Crippen LogP contribution in [0.25, 0.3) is 0 Å². The molecule has 0 amide bonds. The maximum Gasteiger partial charge on any atom is 0.0578 e. The van der Waals surface area contributed by atoms with Gasteiger partial charge >= 0.3 is 0 Å². The molecule has 0 aliphatic heterocycles. The molecule has 0 saturated heterocycles. The first kappa shape index (κ1) is 13.5. The maximum absolute atomic E-state index is 5.16. The molecule has 1 rings (SSSR count). The largest absolute Gasteiger partial charge is 0.300 e. The molecule has 76 valence electrons. The third kappa shape index (κ3) is 4.15. The van der Waals surface area contributed by atoms with Crippen LogP contribution in [0.4, 0.5) is 0 Å². The quantitative estimate of drug-likeness (QED) is 0.835. The fourth-order valence-corrected chi connectivity index (χ4v) is 1.52. The Balaban J connectivity index is 0.00000169. The van der Waals surface area contributed by atoms with Crippen molar-refractivity contribution in [1.29, 1.82) is 0 Å². The second-order valence-corrected chi connectivity index (χ2v) is 3.78. The van der Waals surface area contributed by atoms with Crippen molar-refractivity contribution in [2.24, 2.45) is 0 Å². The van der Waals surface area contributed by atoms with E-state index in [1.807, 2.05) is 12.1 Å². The van der Waals surface area contributed by atoms with Gasteiger partial charge < -0.3 is 0 Å². The number of hydrogen-bond acceptors (Lipinski definition) is 1. The van der Waals surface area contributed by atoms with Gasteiger partial charge in [0.25, 0.3) is 0 Å². The Hall–Kier alpha value is -0.490. The normalized spacial score (nSPS) is 11.2. The molecule has 0 fully saturated rings. The third-order valence-electron chi connectivity index (χ3n) is 1.86. The summed E-state index contributed by atoms with van der Waals surface area (Å²) in [6.07, 6.45) is 5.16. The molecule has 0 spiro atoms. The highest BCUT2D eigenvalue weighted by Gasteiger charge is 2.02. The summed E-state index contributed by atoms with van der Waals surface area (Å²) < 4.78 is 1.10. The summed E-state index contributed by atoms with van der Waals surface area (Å²) in [5, 5.41) is 3.22. The van der Waals surface area contributed by atoms with Crippen LogP contribution in [0.15, 0.2) is 28.7 Å². The van der Waals surface area contributed by atoms with E-state index >= 15 is 0 Å². The molecule has 1 nitrogen and oxygen atoms in total. The van der Waals surface area contributed by atoms with Gasteiger partial charge in [0.1, 0.15) is 0 Å². The van der Waals surface area contributed by atoms with E-state index in [1.54, 1.807) is 0 Å². The third-order valence-corrected chi connectivity index (χ3v) is 2.35. The lowest BCUT2D eigenvalue weighted by atomic mass is 10.1. The van der Waals surface area contributed by atoms with E-state index in [2.05, 4.69) is 46.2 Å². The number of benzene rings is 1. The van der Waals surface area contributed by atoms with Gasteiger partial charge in [-0.3, -0.25) is 5.32 Å². The number of nitrogens with one attached hydrogen (secondary N) is 1. The van der Waals surface area contributed by atoms with Gasteiger partial charge in [-0.15, -0.1) is 18.8 Å². The first-order valence-electron chi connectivity index (χ1n) is 4.16. The van der Waals surface area contributed by atoms with E-state index in [0.717, 1.165) is 4.47 Å². The average Bonchev–Trinajstić information content (AvgIpc) is 2.14. The zero-order valence-corrected chi connectivity index (χ0v) is 10.4. The van der Waals surface area contributed by atoms with E-state index in [1.165, 1.54) is 5.56 Å². The van der Waals surface area contributed by atoms with Crippen molar-refractivity contribution >= 4 is 28.3 Å². The van der Waals surface area contributed by atoms with Crippen molar-refractivity contribution in [1.82, 2.24) is 5.32 Å². The standard InChI is InChI=1S/C11H12BrN.ClH/c1-3-7-13-9(2)10-5-4-6-11(12)8-10;/h1,4-6,8-9,13H,7H2,2H3;1H/t9-;/m1./s1. The minimum atomic E-state index is 0. The van der Waals surface area contributed by atoms with Crippen LogP contribution in [-0.2, 0) is 0 Å². The predicted octanol–water partition coefficient (Wildman–Crippen LogP) is 3.15. The summed E-state index contributed by atoms with van der Waals surface area (Å²) in [5.74, 6) is 2.56. The molecular formula is C11H13BrClN. The molecule has 0 aromatic heterocycles. The molecule has 3 heteroatoms. The number of terminal acetylenes is 1. The minimum Gasteiger partial charge on any atom is -0.300 e. The monoisotopic (exact) mass is 273 g/mol. The van der Waals surface area contributed by atoms with E-state index in [-0.39, 0.29) is 12.4 Å². The van der Waals surface area contributed by atoms with Crippen LogP contribution in [0.3, 0.4) is 0 Å². The summed E-state index contributed by atoms with van der Waals surface area (Å²) in [5.41, 5.74) is 1.24. The molecule has 0 aliphatic rings. The number of halogens is 2. The van der Waals surface area contributed by atoms with Crippen LogP contribution in [-0.4, -0.2) is 6.54 Å². The average molecular weight is 275 g/mol. The molecule has 14 heavy (non-hydrogen) atoms. The van der Waals surface area contributed by atoms with Gasteiger partial charge in [0.2, 0.25) is 0 Å². The molecule has 0 saturated carbocycles. The lowest BCUT2D eigenvalue weighted by molar-refractivity contribution is 0.623. The van der Waals surface area contributed by atoms with Crippen LogP contribution in [0.2, 0.25) is 0 Å². The zero-order chi connectivity index (χ0) is 9.68. The lowest BCUT2D eigenvalue weighted by Gasteiger charge is -2.12. The van der Waals surface area contributed by atoms with Crippen LogP contribution >= 0.6 is 28.3 Å². The van der Waals surface area contributed by atoms with Gasteiger partial charge in [-0.1, -0.05) is 34.0 Å². The first-order valence-corrected chi connectivity index (χ1v) is 4.95. The number of hydrogen-bond donors (Lipinski definition) is 1. The van der Waals surface area contributed by atoms with Crippen molar-refractivity contribution in [3.8, 4) is 12.3 Å². The molecule has 1 N–H and O–H groups in total. The fraction of sp³-hybridized carbons (Fsp3) is 0.273. The van der Waals surface area contributed by atoms with Crippen LogP contribution < -0.4 is 5.32 Å². The minimum absolute atomic E-state index is 0. The van der Waals surface area contributed by atoms with Crippen LogP contribution in [0.1, 0.15) is 18.5 Å². The number of rotatable bonds is 3. The zero-order valence-electron chi connectivity index (χ0n) is 7.96. The van der Waals surface area contributed by atoms with Gasteiger partial charge in [-0.25, -0.2) is 0 Å².